The van der Waals surface area contributed by atoms with E-state index in [-0.39, 0.29) is 5.54 Å². The molecule has 1 heterocycles. The highest BCUT2D eigenvalue weighted by Gasteiger charge is 2.10. The average Bonchev–Trinajstić information content (AvgIpc) is 2.49. The lowest BCUT2D eigenvalue weighted by atomic mass is 10.1. The van der Waals surface area contributed by atoms with Gasteiger partial charge in [0.25, 0.3) is 0 Å². The van der Waals surface area contributed by atoms with E-state index in [1.54, 1.807) is 11.3 Å². The standard InChI is InChI=1S/C12H23N3S/c1-9(2)8-11-15-14-10(16-11)6-7-13-12(3,4)5/h9,13H,6-8H2,1-5H3. The Bertz CT molecular complexity index is 312. The molecule has 3 nitrogen and oxygen atoms in total. The highest BCUT2D eigenvalue weighted by Crippen LogP contribution is 2.14. The Morgan fingerprint density at radius 3 is 2.38 bits per heavy atom. The third-order valence-corrected chi connectivity index (χ3v) is 3.09. The van der Waals surface area contributed by atoms with Gasteiger partial charge in [-0.3, -0.25) is 0 Å². The van der Waals surface area contributed by atoms with E-state index in [0.717, 1.165) is 24.4 Å². The van der Waals surface area contributed by atoms with Crippen LogP contribution in [0.3, 0.4) is 0 Å². The topological polar surface area (TPSA) is 37.8 Å². The van der Waals surface area contributed by atoms with Gasteiger partial charge in [-0.25, -0.2) is 0 Å². The molecule has 16 heavy (non-hydrogen) atoms. The summed E-state index contributed by atoms with van der Waals surface area (Å²) in [5.74, 6) is 0.661. The molecule has 1 aromatic rings. The van der Waals surface area contributed by atoms with E-state index in [0.29, 0.717) is 5.92 Å². The predicted molar refractivity (Wildman–Crippen MR) is 69.9 cm³/mol. The molecule has 1 rings (SSSR count). The van der Waals surface area contributed by atoms with Crippen LogP contribution < -0.4 is 5.32 Å². The summed E-state index contributed by atoms with van der Waals surface area (Å²) in [6.07, 6.45) is 2.03. The molecule has 0 saturated heterocycles. The average molecular weight is 241 g/mol. The van der Waals surface area contributed by atoms with Gasteiger partial charge < -0.3 is 5.32 Å². The third kappa shape index (κ3) is 5.56. The molecule has 0 amide bonds. The molecule has 0 aliphatic rings. The van der Waals surface area contributed by atoms with Crippen LogP contribution in [-0.4, -0.2) is 22.3 Å². The zero-order valence-corrected chi connectivity index (χ0v) is 11.8. The molecular weight excluding hydrogens is 218 g/mol. The molecular formula is C12H23N3S. The predicted octanol–water partition coefficient (Wildman–Crippen LogP) is 2.67. The molecule has 0 saturated carbocycles. The molecule has 0 aliphatic carbocycles. The second-order valence-corrected chi connectivity index (χ2v) is 6.76. The first kappa shape index (κ1) is 13.6. The van der Waals surface area contributed by atoms with Crippen molar-refractivity contribution in [1.29, 1.82) is 0 Å². The largest absolute Gasteiger partial charge is 0.312 e. The Labute approximate surface area is 103 Å². The number of aromatic nitrogens is 2. The summed E-state index contributed by atoms with van der Waals surface area (Å²) in [5.41, 5.74) is 0.186. The fourth-order valence-electron chi connectivity index (χ4n) is 1.37. The van der Waals surface area contributed by atoms with Gasteiger partial charge in [0.05, 0.1) is 0 Å². The van der Waals surface area contributed by atoms with E-state index in [1.807, 2.05) is 0 Å². The van der Waals surface area contributed by atoms with E-state index in [4.69, 9.17) is 0 Å². The van der Waals surface area contributed by atoms with Gasteiger partial charge in [-0.2, -0.15) is 0 Å². The van der Waals surface area contributed by atoms with Crippen molar-refractivity contribution in [2.45, 2.75) is 53.0 Å². The molecule has 92 valence electrons. The summed E-state index contributed by atoms with van der Waals surface area (Å²) < 4.78 is 0. The zero-order valence-electron chi connectivity index (χ0n) is 11.0. The minimum absolute atomic E-state index is 0.186. The summed E-state index contributed by atoms with van der Waals surface area (Å²) >= 11 is 1.75. The quantitative estimate of drug-likeness (QED) is 0.861. The van der Waals surface area contributed by atoms with Gasteiger partial charge >= 0.3 is 0 Å². The maximum Gasteiger partial charge on any atom is 0.118 e. The van der Waals surface area contributed by atoms with Crippen LogP contribution in [0.5, 0.6) is 0 Å². The van der Waals surface area contributed by atoms with Crippen molar-refractivity contribution in [1.82, 2.24) is 15.5 Å². The van der Waals surface area contributed by atoms with Crippen molar-refractivity contribution in [3.05, 3.63) is 10.0 Å². The summed E-state index contributed by atoms with van der Waals surface area (Å²) in [4.78, 5) is 0. The fourth-order valence-corrected chi connectivity index (χ4v) is 2.42. The van der Waals surface area contributed by atoms with Crippen LogP contribution in [0.1, 0.15) is 44.6 Å². The molecule has 0 atom stereocenters. The lowest BCUT2D eigenvalue weighted by Gasteiger charge is -2.19. The van der Waals surface area contributed by atoms with Crippen LogP contribution in [0.25, 0.3) is 0 Å². The minimum atomic E-state index is 0.186. The van der Waals surface area contributed by atoms with Crippen LogP contribution in [0.15, 0.2) is 0 Å². The van der Waals surface area contributed by atoms with Crippen molar-refractivity contribution in [3.8, 4) is 0 Å². The third-order valence-electron chi connectivity index (χ3n) is 2.09. The molecule has 0 radical (unpaired) electrons. The van der Waals surface area contributed by atoms with Crippen LogP contribution >= 0.6 is 11.3 Å². The molecule has 0 aromatic carbocycles. The van der Waals surface area contributed by atoms with Gasteiger partial charge in [-0.1, -0.05) is 13.8 Å². The number of rotatable bonds is 5. The Morgan fingerprint density at radius 2 is 1.81 bits per heavy atom. The van der Waals surface area contributed by atoms with Gasteiger partial charge in [0.15, 0.2) is 0 Å². The summed E-state index contributed by atoms with van der Waals surface area (Å²) in [5, 5.41) is 14.2. The smallest absolute Gasteiger partial charge is 0.118 e. The van der Waals surface area contributed by atoms with Gasteiger partial charge in [0.2, 0.25) is 0 Å². The van der Waals surface area contributed by atoms with Crippen molar-refractivity contribution >= 4 is 11.3 Å². The van der Waals surface area contributed by atoms with Gasteiger partial charge in [0.1, 0.15) is 10.0 Å². The maximum atomic E-state index is 4.22. The number of nitrogens with one attached hydrogen (secondary N) is 1. The summed E-state index contributed by atoms with van der Waals surface area (Å²) in [6.45, 7) is 11.9. The molecule has 0 aliphatic heterocycles. The van der Waals surface area contributed by atoms with Crippen molar-refractivity contribution in [2.75, 3.05) is 6.54 Å². The van der Waals surface area contributed by atoms with Gasteiger partial charge in [-0.15, -0.1) is 21.5 Å². The highest BCUT2D eigenvalue weighted by atomic mass is 32.1. The van der Waals surface area contributed by atoms with Crippen LogP contribution in [0.2, 0.25) is 0 Å². The van der Waals surface area contributed by atoms with Crippen molar-refractivity contribution < 1.29 is 0 Å². The highest BCUT2D eigenvalue weighted by molar-refractivity contribution is 7.11. The summed E-state index contributed by atoms with van der Waals surface area (Å²) in [6, 6.07) is 0. The van der Waals surface area contributed by atoms with Crippen molar-refractivity contribution in [2.24, 2.45) is 5.92 Å². The number of nitrogens with zero attached hydrogens (tertiary/aromatic N) is 2. The number of hydrogen-bond acceptors (Lipinski definition) is 4. The molecule has 0 spiro atoms. The van der Waals surface area contributed by atoms with Crippen molar-refractivity contribution in [3.63, 3.8) is 0 Å². The van der Waals surface area contributed by atoms with Crippen LogP contribution in [0, 0.1) is 5.92 Å². The van der Waals surface area contributed by atoms with E-state index >= 15 is 0 Å². The summed E-state index contributed by atoms with van der Waals surface area (Å²) in [7, 11) is 0. The Balaban J connectivity index is 2.35. The first-order valence-electron chi connectivity index (χ1n) is 5.93. The Hall–Kier alpha value is -0.480. The zero-order chi connectivity index (χ0) is 12.2. The Morgan fingerprint density at radius 1 is 1.19 bits per heavy atom. The lowest BCUT2D eigenvalue weighted by Crippen LogP contribution is -2.37. The van der Waals surface area contributed by atoms with Gasteiger partial charge in [0, 0.05) is 24.9 Å². The normalized spacial score (nSPS) is 12.4. The number of hydrogen-bond donors (Lipinski definition) is 1. The maximum absolute atomic E-state index is 4.22. The van der Waals surface area contributed by atoms with E-state index in [1.165, 1.54) is 5.01 Å². The molecule has 1 aromatic heterocycles. The molecule has 4 heteroatoms. The fraction of sp³-hybridized carbons (Fsp3) is 0.833. The molecule has 0 unspecified atom stereocenters. The monoisotopic (exact) mass is 241 g/mol. The van der Waals surface area contributed by atoms with E-state index in [2.05, 4.69) is 50.1 Å². The SMILES string of the molecule is CC(C)Cc1nnc(CCNC(C)(C)C)s1. The van der Waals surface area contributed by atoms with Crippen LogP contribution in [0.4, 0.5) is 0 Å². The first-order chi connectivity index (χ1) is 7.37. The van der Waals surface area contributed by atoms with E-state index < -0.39 is 0 Å². The van der Waals surface area contributed by atoms with Gasteiger partial charge in [-0.05, 0) is 26.7 Å². The Kier molecular flexibility index (Phi) is 4.87. The molecule has 1 N–H and O–H groups in total. The molecule has 0 bridgehead atoms. The lowest BCUT2D eigenvalue weighted by molar-refractivity contribution is 0.429. The second-order valence-electron chi connectivity index (χ2n) is 5.61. The minimum Gasteiger partial charge on any atom is -0.312 e. The van der Waals surface area contributed by atoms with Crippen LogP contribution in [-0.2, 0) is 12.8 Å². The molecule has 0 fully saturated rings. The van der Waals surface area contributed by atoms with E-state index in [9.17, 15) is 0 Å². The first-order valence-corrected chi connectivity index (χ1v) is 6.75. The second kappa shape index (κ2) is 5.73.